The van der Waals surface area contributed by atoms with Gasteiger partial charge < -0.3 is 0 Å². The summed E-state index contributed by atoms with van der Waals surface area (Å²) in [7, 11) is 0. The minimum atomic E-state index is -0.115. The SMILES string of the molecule is Cc1cc(C)c(C)c(C(Cl)c2cc(Br)sc2Br)c1C. The van der Waals surface area contributed by atoms with Crippen LogP contribution in [-0.4, -0.2) is 0 Å². The molecule has 1 aromatic carbocycles. The van der Waals surface area contributed by atoms with Crippen molar-refractivity contribution in [2.24, 2.45) is 0 Å². The van der Waals surface area contributed by atoms with Crippen LogP contribution >= 0.6 is 54.8 Å². The number of benzene rings is 1. The van der Waals surface area contributed by atoms with E-state index in [2.05, 4.69) is 71.7 Å². The highest BCUT2D eigenvalue weighted by molar-refractivity contribution is 9.12. The van der Waals surface area contributed by atoms with Crippen molar-refractivity contribution >= 4 is 54.8 Å². The molecule has 1 atom stereocenters. The van der Waals surface area contributed by atoms with E-state index in [0.717, 1.165) is 13.1 Å². The van der Waals surface area contributed by atoms with Crippen molar-refractivity contribution < 1.29 is 0 Å². The van der Waals surface area contributed by atoms with Crippen LogP contribution in [0.4, 0.5) is 0 Å². The number of hydrogen-bond donors (Lipinski definition) is 0. The van der Waals surface area contributed by atoms with Crippen molar-refractivity contribution in [1.82, 2.24) is 0 Å². The molecule has 0 saturated heterocycles. The van der Waals surface area contributed by atoms with Gasteiger partial charge in [-0.05, 0) is 93.4 Å². The van der Waals surface area contributed by atoms with Gasteiger partial charge in [0.25, 0.3) is 0 Å². The molecule has 0 spiro atoms. The zero-order valence-corrected chi connectivity index (χ0v) is 16.0. The molecule has 0 aliphatic rings. The van der Waals surface area contributed by atoms with Crippen molar-refractivity contribution in [3.8, 4) is 0 Å². The summed E-state index contributed by atoms with van der Waals surface area (Å²) >= 11 is 15.5. The van der Waals surface area contributed by atoms with Gasteiger partial charge in [0.05, 0.1) is 12.9 Å². The molecule has 1 aromatic heterocycles. The van der Waals surface area contributed by atoms with Gasteiger partial charge in [0.15, 0.2) is 0 Å². The van der Waals surface area contributed by atoms with Crippen LogP contribution < -0.4 is 0 Å². The Kier molecular flexibility index (Phi) is 4.82. The van der Waals surface area contributed by atoms with Gasteiger partial charge in [-0.25, -0.2) is 0 Å². The first-order valence-corrected chi connectivity index (χ1v) is 8.83. The van der Waals surface area contributed by atoms with E-state index in [4.69, 9.17) is 11.6 Å². The number of alkyl halides is 1. The normalized spacial score (nSPS) is 12.8. The molecule has 0 nitrogen and oxygen atoms in total. The van der Waals surface area contributed by atoms with Crippen LogP contribution in [0.3, 0.4) is 0 Å². The maximum absolute atomic E-state index is 6.76. The monoisotopic (exact) mass is 420 g/mol. The molecule has 0 saturated carbocycles. The van der Waals surface area contributed by atoms with Crippen LogP contribution in [0, 0.1) is 27.7 Å². The number of thiophene rings is 1. The van der Waals surface area contributed by atoms with Gasteiger partial charge in [0.1, 0.15) is 0 Å². The van der Waals surface area contributed by atoms with Crippen molar-refractivity contribution in [2.75, 3.05) is 0 Å². The maximum Gasteiger partial charge on any atom is 0.0860 e. The molecule has 0 fully saturated rings. The molecule has 0 amide bonds. The molecule has 0 aliphatic carbocycles. The fourth-order valence-corrected chi connectivity index (χ4v) is 5.91. The molecule has 0 radical (unpaired) electrons. The molecule has 0 N–H and O–H groups in total. The highest BCUT2D eigenvalue weighted by atomic mass is 79.9. The van der Waals surface area contributed by atoms with Gasteiger partial charge in [-0.1, -0.05) is 6.07 Å². The lowest BCUT2D eigenvalue weighted by Crippen LogP contribution is -2.03. The predicted molar refractivity (Wildman–Crippen MR) is 92.8 cm³/mol. The van der Waals surface area contributed by atoms with Crippen molar-refractivity contribution in [2.45, 2.75) is 33.1 Å². The second-order valence-electron chi connectivity index (χ2n) is 4.82. The van der Waals surface area contributed by atoms with Gasteiger partial charge in [-0.3, -0.25) is 0 Å². The molecular formula is C15H15Br2ClS. The minimum absolute atomic E-state index is 0.115. The average Bonchev–Trinajstić information content (AvgIpc) is 2.66. The highest BCUT2D eigenvalue weighted by Gasteiger charge is 2.21. The third-order valence-electron chi connectivity index (χ3n) is 3.63. The molecular weight excluding hydrogens is 407 g/mol. The Labute approximate surface area is 140 Å². The Morgan fingerprint density at radius 3 is 1.95 bits per heavy atom. The van der Waals surface area contributed by atoms with Gasteiger partial charge >= 0.3 is 0 Å². The first-order chi connectivity index (χ1) is 8.82. The van der Waals surface area contributed by atoms with E-state index in [1.165, 1.54) is 27.8 Å². The van der Waals surface area contributed by atoms with Gasteiger partial charge in [-0.15, -0.1) is 22.9 Å². The van der Waals surface area contributed by atoms with Crippen molar-refractivity contribution in [3.05, 3.63) is 53.1 Å². The van der Waals surface area contributed by atoms with E-state index in [1.807, 2.05) is 0 Å². The molecule has 4 heteroatoms. The summed E-state index contributed by atoms with van der Waals surface area (Å²) in [4.78, 5) is 0. The lowest BCUT2D eigenvalue weighted by Gasteiger charge is -2.19. The molecule has 1 unspecified atom stereocenters. The quantitative estimate of drug-likeness (QED) is 0.465. The largest absolute Gasteiger partial charge is 0.121 e. The summed E-state index contributed by atoms with van der Waals surface area (Å²) in [6, 6.07) is 4.33. The molecule has 0 bridgehead atoms. The third kappa shape index (κ3) is 2.94. The highest BCUT2D eigenvalue weighted by Crippen LogP contribution is 2.43. The fraction of sp³-hybridized carbons (Fsp3) is 0.333. The van der Waals surface area contributed by atoms with E-state index in [9.17, 15) is 0 Å². The lowest BCUT2D eigenvalue weighted by atomic mass is 9.90. The van der Waals surface area contributed by atoms with Crippen LogP contribution in [0.2, 0.25) is 0 Å². The second-order valence-corrected chi connectivity index (χ2v) is 9.00. The van der Waals surface area contributed by atoms with Crippen molar-refractivity contribution in [1.29, 1.82) is 0 Å². The van der Waals surface area contributed by atoms with Gasteiger partial charge in [0.2, 0.25) is 0 Å². The average molecular weight is 423 g/mol. The standard InChI is InChI=1S/C15H15Br2ClS/c1-7-5-8(2)10(4)13(9(7)3)14(18)11-6-12(16)19-15(11)17/h5-6,14H,1-4H3. The number of aryl methyl sites for hydroxylation is 2. The Balaban J connectivity index is 2.62. The summed E-state index contributed by atoms with van der Waals surface area (Å²) in [6.45, 7) is 8.60. The van der Waals surface area contributed by atoms with E-state index in [1.54, 1.807) is 11.3 Å². The summed E-state index contributed by atoms with van der Waals surface area (Å²) < 4.78 is 2.19. The molecule has 1 heterocycles. The zero-order chi connectivity index (χ0) is 14.3. The third-order valence-corrected chi connectivity index (χ3v) is 6.47. The molecule has 0 aliphatic heterocycles. The van der Waals surface area contributed by atoms with Crippen LogP contribution in [-0.2, 0) is 0 Å². The first-order valence-electron chi connectivity index (χ1n) is 5.99. The van der Waals surface area contributed by atoms with Crippen LogP contribution in [0.5, 0.6) is 0 Å². The summed E-state index contributed by atoms with van der Waals surface area (Å²) in [6.07, 6.45) is 0. The fourth-order valence-electron chi connectivity index (χ4n) is 2.31. The number of hydrogen-bond acceptors (Lipinski definition) is 1. The second kappa shape index (κ2) is 5.88. The molecule has 2 aromatic rings. The Bertz CT molecular complexity index is 605. The number of halogens is 3. The Morgan fingerprint density at radius 1 is 1.00 bits per heavy atom. The van der Waals surface area contributed by atoms with E-state index < -0.39 is 0 Å². The summed E-state index contributed by atoms with van der Waals surface area (Å²) in [5, 5.41) is -0.115. The maximum atomic E-state index is 6.76. The van der Waals surface area contributed by atoms with Gasteiger partial charge in [-0.2, -0.15) is 0 Å². The van der Waals surface area contributed by atoms with E-state index >= 15 is 0 Å². The number of rotatable bonds is 2. The predicted octanol–water partition coefficient (Wildman–Crippen LogP) is 6.83. The minimum Gasteiger partial charge on any atom is -0.121 e. The Morgan fingerprint density at radius 2 is 1.53 bits per heavy atom. The van der Waals surface area contributed by atoms with Crippen LogP contribution in [0.1, 0.15) is 38.8 Å². The lowest BCUT2D eigenvalue weighted by molar-refractivity contribution is 1.05. The topological polar surface area (TPSA) is 0 Å². The van der Waals surface area contributed by atoms with E-state index in [-0.39, 0.29) is 5.38 Å². The summed E-state index contributed by atoms with van der Waals surface area (Å²) in [5.41, 5.74) is 7.55. The Hall–Kier alpha value is 0.170. The van der Waals surface area contributed by atoms with Gasteiger partial charge in [0, 0.05) is 5.56 Å². The van der Waals surface area contributed by atoms with Crippen LogP contribution in [0.15, 0.2) is 19.7 Å². The smallest absolute Gasteiger partial charge is 0.0860 e. The molecule has 19 heavy (non-hydrogen) atoms. The first kappa shape index (κ1) is 15.6. The van der Waals surface area contributed by atoms with E-state index in [0.29, 0.717) is 0 Å². The molecule has 102 valence electrons. The summed E-state index contributed by atoms with van der Waals surface area (Å²) in [5.74, 6) is 0. The van der Waals surface area contributed by atoms with Crippen molar-refractivity contribution in [3.63, 3.8) is 0 Å². The zero-order valence-electron chi connectivity index (χ0n) is 11.3. The molecule has 2 rings (SSSR count). The van der Waals surface area contributed by atoms with Crippen LogP contribution in [0.25, 0.3) is 0 Å².